The van der Waals surface area contributed by atoms with E-state index >= 15 is 0 Å². The van der Waals surface area contributed by atoms with E-state index in [1.165, 1.54) is 49.2 Å². The first-order chi connectivity index (χ1) is 6.86. The van der Waals surface area contributed by atoms with Gasteiger partial charge >= 0.3 is 0 Å². The maximum atomic E-state index is 3.73. The lowest BCUT2D eigenvalue weighted by atomic mass is 9.62. The van der Waals surface area contributed by atoms with Crippen LogP contribution in [0, 0.1) is 23.7 Å². The molecule has 0 aliphatic heterocycles. The third-order valence-corrected chi connectivity index (χ3v) is 5.99. The summed E-state index contributed by atoms with van der Waals surface area (Å²) in [5.74, 6) is 4.00. The van der Waals surface area contributed by atoms with Gasteiger partial charge in [-0.15, -0.1) is 0 Å². The van der Waals surface area contributed by atoms with Gasteiger partial charge < -0.3 is 0 Å². The van der Waals surface area contributed by atoms with E-state index in [1.807, 2.05) is 0 Å². The van der Waals surface area contributed by atoms with E-state index in [0.29, 0.717) is 0 Å². The molecule has 0 aromatic rings. The van der Waals surface area contributed by atoms with E-state index in [1.54, 1.807) is 0 Å². The van der Waals surface area contributed by atoms with Crippen LogP contribution in [0.2, 0.25) is 0 Å². The summed E-state index contributed by atoms with van der Waals surface area (Å²) in [4.78, 5) is 0. The van der Waals surface area contributed by atoms with Gasteiger partial charge in [0.1, 0.15) is 0 Å². The quantitative estimate of drug-likeness (QED) is 0.651. The van der Waals surface area contributed by atoms with Gasteiger partial charge in [-0.25, -0.2) is 0 Å². The third-order valence-electron chi connectivity index (χ3n) is 4.41. The largest absolute Gasteiger partial charge is 0.0925 e. The van der Waals surface area contributed by atoms with Crippen molar-refractivity contribution in [2.24, 2.45) is 23.7 Å². The fourth-order valence-electron chi connectivity index (χ4n) is 3.58. The Bertz CT molecular complexity index is 175. The average molecular weight is 324 g/mol. The van der Waals surface area contributed by atoms with Crippen molar-refractivity contribution in [2.45, 2.75) is 38.5 Å². The first-order valence-corrected chi connectivity index (χ1v) is 8.23. The van der Waals surface area contributed by atoms with Gasteiger partial charge in [-0.2, -0.15) is 0 Å². The van der Waals surface area contributed by atoms with Crippen molar-refractivity contribution in [3.63, 3.8) is 0 Å². The second-order valence-corrected chi connectivity index (χ2v) is 6.31. The van der Waals surface area contributed by atoms with Crippen LogP contribution in [0.4, 0.5) is 0 Å². The molecule has 0 nitrogen and oxygen atoms in total. The molecule has 0 aromatic carbocycles. The highest BCUT2D eigenvalue weighted by Gasteiger charge is 2.38. The summed E-state index contributed by atoms with van der Waals surface area (Å²) in [6.07, 6.45) is 8.97. The standard InChI is InChI=1S/C12H20Br2/c13-7-10-6-5-9-3-1-2-4-11(9)12(10)8-14/h9-12H,1-8H2. The zero-order valence-electron chi connectivity index (χ0n) is 8.72. The Morgan fingerprint density at radius 1 is 0.857 bits per heavy atom. The van der Waals surface area contributed by atoms with Crippen LogP contribution < -0.4 is 0 Å². The van der Waals surface area contributed by atoms with E-state index in [-0.39, 0.29) is 0 Å². The van der Waals surface area contributed by atoms with Gasteiger partial charge in [-0.05, 0) is 42.9 Å². The fraction of sp³-hybridized carbons (Fsp3) is 1.00. The maximum Gasteiger partial charge on any atom is 0.00653 e. The van der Waals surface area contributed by atoms with Crippen molar-refractivity contribution in [3.8, 4) is 0 Å². The molecule has 0 heterocycles. The van der Waals surface area contributed by atoms with E-state index < -0.39 is 0 Å². The minimum atomic E-state index is 0.939. The van der Waals surface area contributed by atoms with Crippen LogP contribution in [0.25, 0.3) is 0 Å². The van der Waals surface area contributed by atoms with Gasteiger partial charge in [0.05, 0.1) is 0 Å². The second-order valence-electron chi connectivity index (χ2n) is 5.02. The molecule has 2 aliphatic rings. The van der Waals surface area contributed by atoms with Crippen molar-refractivity contribution in [3.05, 3.63) is 0 Å². The Hall–Kier alpha value is 0.960. The molecule has 2 heteroatoms. The predicted octanol–water partition coefficient (Wildman–Crippen LogP) is 4.61. The summed E-state index contributed by atoms with van der Waals surface area (Å²) in [6, 6.07) is 0. The van der Waals surface area contributed by atoms with Crippen molar-refractivity contribution in [1.29, 1.82) is 0 Å². The molecule has 0 aromatic heterocycles. The highest BCUT2D eigenvalue weighted by molar-refractivity contribution is 9.09. The number of alkyl halides is 2. The number of halogens is 2. The molecule has 0 N–H and O–H groups in total. The van der Waals surface area contributed by atoms with Crippen LogP contribution in [0.5, 0.6) is 0 Å². The molecule has 0 spiro atoms. The Morgan fingerprint density at radius 2 is 1.64 bits per heavy atom. The first-order valence-electron chi connectivity index (χ1n) is 5.98. The zero-order chi connectivity index (χ0) is 9.97. The van der Waals surface area contributed by atoms with Crippen LogP contribution in [-0.4, -0.2) is 10.7 Å². The summed E-state index contributed by atoms with van der Waals surface area (Å²) in [7, 11) is 0. The SMILES string of the molecule is BrCC1CCC2CCCCC2C1CBr. The lowest BCUT2D eigenvalue weighted by Gasteiger charge is -2.44. The summed E-state index contributed by atoms with van der Waals surface area (Å²) in [5, 5.41) is 2.44. The third kappa shape index (κ3) is 2.21. The van der Waals surface area contributed by atoms with Gasteiger partial charge in [0.25, 0.3) is 0 Å². The monoisotopic (exact) mass is 322 g/mol. The van der Waals surface area contributed by atoms with Crippen molar-refractivity contribution >= 4 is 31.9 Å². The van der Waals surface area contributed by atoms with Crippen LogP contribution in [0.3, 0.4) is 0 Å². The Labute approximate surface area is 104 Å². The molecule has 0 radical (unpaired) electrons. The Kier molecular flexibility index (Phi) is 4.36. The molecule has 2 fully saturated rings. The lowest BCUT2D eigenvalue weighted by Crippen LogP contribution is -2.38. The highest BCUT2D eigenvalue weighted by atomic mass is 79.9. The fourth-order valence-corrected chi connectivity index (χ4v) is 5.39. The smallest absolute Gasteiger partial charge is 0.00653 e. The zero-order valence-corrected chi connectivity index (χ0v) is 11.9. The Morgan fingerprint density at radius 3 is 2.36 bits per heavy atom. The molecule has 82 valence electrons. The van der Waals surface area contributed by atoms with Crippen molar-refractivity contribution < 1.29 is 0 Å². The molecule has 2 saturated carbocycles. The van der Waals surface area contributed by atoms with E-state index in [2.05, 4.69) is 31.9 Å². The van der Waals surface area contributed by atoms with Crippen LogP contribution in [-0.2, 0) is 0 Å². The molecule has 2 aliphatic carbocycles. The minimum Gasteiger partial charge on any atom is -0.0925 e. The topological polar surface area (TPSA) is 0 Å². The lowest BCUT2D eigenvalue weighted by molar-refractivity contribution is 0.0794. The van der Waals surface area contributed by atoms with Crippen LogP contribution >= 0.6 is 31.9 Å². The molecule has 0 amide bonds. The number of rotatable bonds is 2. The Balaban J connectivity index is 2.04. The number of fused-ring (bicyclic) bond motifs is 1. The molecule has 0 bridgehead atoms. The summed E-state index contributed by atoms with van der Waals surface area (Å²) in [5.41, 5.74) is 0. The molecule has 0 saturated heterocycles. The van der Waals surface area contributed by atoms with E-state index in [0.717, 1.165) is 23.7 Å². The molecule has 4 atom stereocenters. The van der Waals surface area contributed by atoms with Gasteiger partial charge in [0.2, 0.25) is 0 Å². The van der Waals surface area contributed by atoms with Crippen LogP contribution in [0.1, 0.15) is 38.5 Å². The van der Waals surface area contributed by atoms with Gasteiger partial charge in [-0.1, -0.05) is 51.1 Å². The van der Waals surface area contributed by atoms with E-state index in [9.17, 15) is 0 Å². The van der Waals surface area contributed by atoms with Crippen LogP contribution in [0.15, 0.2) is 0 Å². The van der Waals surface area contributed by atoms with Crippen molar-refractivity contribution in [1.82, 2.24) is 0 Å². The minimum absolute atomic E-state index is 0.939. The molecule has 2 rings (SSSR count). The molecular formula is C12H20Br2. The highest BCUT2D eigenvalue weighted by Crippen LogP contribution is 2.47. The van der Waals surface area contributed by atoms with Gasteiger partial charge in [0, 0.05) is 10.7 Å². The second kappa shape index (κ2) is 5.34. The molecular weight excluding hydrogens is 304 g/mol. The molecule has 4 unspecified atom stereocenters. The summed E-state index contributed by atoms with van der Waals surface area (Å²) < 4.78 is 0. The average Bonchev–Trinajstić information content (AvgIpc) is 2.27. The first kappa shape index (κ1) is 11.4. The number of hydrogen-bond donors (Lipinski definition) is 0. The summed E-state index contributed by atoms with van der Waals surface area (Å²) >= 11 is 7.42. The van der Waals surface area contributed by atoms with E-state index in [4.69, 9.17) is 0 Å². The van der Waals surface area contributed by atoms with Crippen molar-refractivity contribution in [2.75, 3.05) is 10.7 Å². The normalized spacial score (nSPS) is 43.3. The predicted molar refractivity (Wildman–Crippen MR) is 69.3 cm³/mol. The number of hydrogen-bond acceptors (Lipinski definition) is 0. The molecule has 14 heavy (non-hydrogen) atoms. The maximum absolute atomic E-state index is 3.73. The van der Waals surface area contributed by atoms with Gasteiger partial charge in [-0.3, -0.25) is 0 Å². The summed E-state index contributed by atoms with van der Waals surface area (Å²) in [6.45, 7) is 0. The van der Waals surface area contributed by atoms with Gasteiger partial charge in [0.15, 0.2) is 0 Å².